The Bertz CT molecular complexity index is 1500. The summed E-state index contributed by atoms with van der Waals surface area (Å²) in [5.74, 6) is 1.06. The molecule has 0 atom stereocenters. The fourth-order valence-electron chi connectivity index (χ4n) is 3.37. The van der Waals surface area contributed by atoms with Crippen LogP contribution in [0.1, 0.15) is 28.9 Å². The predicted molar refractivity (Wildman–Crippen MR) is 130 cm³/mol. The lowest BCUT2D eigenvalue weighted by Crippen LogP contribution is -2.11. The number of hydrogen-bond donors (Lipinski definition) is 1. The van der Waals surface area contributed by atoms with Crippen LogP contribution in [0.3, 0.4) is 0 Å². The first-order chi connectivity index (χ1) is 15.9. The van der Waals surface area contributed by atoms with Gasteiger partial charge in [0.05, 0.1) is 10.0 Å². The Morgan fingerprint density at radius 3 is 2.82 bits per heavy atom. The first-order valence-corrected chi connectivity index (χ1v) is 11.7. The summed E-state index contributed by atoms with van der Waals surface area (Å²) in [4.78, 5) is 13.6. The van der Waals surface area contributed by atoms with Crippen LogP contribution in [0.5, 0.6) is 0 Å². The van der Waals surface area contributed by atoms with Gasteiger partial charge in [-0.1, -0.05) is 59.7 Å². The summed E-state index contributed by atoms with van der Waals surface area (Å²) in [7, 11) is 0. The molecule has 5 aromatic rings. The molecule has 0 aliphatic carbocycles. The summed E-state index contributed by atoms with van der Waals surface area (Å²) in [5.41, 5.74) is 3.07. The van der Waals surface area contributed by atoms with Gasteiger partial charge in [0.15, 0.2) is 11.6 Å². The lowest BCUT2D eigenvalue weighted by atomic mass is 10.1. The van der Waals surface area contributed by atoms with Gasteiger partial charge in [-0.3, -0.25) is 4.79 Å². The molecular formula is C23H17Cl2N5O2S. The highest BCUT2D eigenvalue weighted by molar-refractivity contribution is 7.19. The van der Waals surface area contributed by atoms with Crippen LogP contribution >= 0.6 is 34.5 Å². The van der Waals surface area contributed by atoms with E-state index in [1.54, 1.807) is 34.8 Å². The predicted octanol–water partition coefficient (Wildman–Crippen LogP) is 6.54. The van der Waals surface area contributed by atoms with Crippen molar-refractivity contribution in [3.05, 3.63) is 75.7 Å². The van der Waals surface area contributed by atoms with Crippen LogP contribution in [0.4, 0.5) is 5.69 Å². The second-order valence-electron chi connectivity index (χ2n) is 7.32. The number of aryl methyl sites for hydroxylation is 2. The van der Waals surface area contributed by atoms with Gasteiger partial charge in [-0.05, 0) is 42.8 Å². The van der Waals surface area contributed by atoms with E-state index in [-0.39, 0.29) is 11.7 Å². The third kappa shape index (κ3) is 4.01. The highest BCUT2D eigenvalue weighted by Gasteiger charge is 2.17. The third-order valence-electron chi connectivity index (χ3n) is 5.15. The van der Waals surface area contributed by atoms with Crippen LogP contribution in [0.2, 0.25) is 10.0 Å². The lowest BCUT2D eigenvalue weighted by molar-refractivity contribution is 0.0997. The molecule has 3 aromatic heterocycles. The average Bonchev–Trinajstić information content (AvgIpc) is 3.53. The van der Waals surface area contributed by atoms with Crippen molar-refractivity contribution in [2.24, 2.45) is 0 Å². The molecule has 0 fully saturated rings. The zero-order chi connectivity index (χ0) is 23.1. The van der Waals surface area contributed by atoms with Crippen LogP contribution in [0, 0.1) is 6.92 Å². The Morgan fingerprint density at radius 2 is 2.00 bits per heavy atom. The van der Waals surface area contributed by atoms with Gasteiger partial charge in [0.1, 0.15) is 10.8 Å². The van der Waals surface area contributed by atoms with E-state index in [1.165, 1.54) is 11.3 Å². The normalized spacial score (nSPS) is 11.3. The maximum Gasteiger partial charge on any atom is 0.291 e. The molecule has 0 unspecified atom stereocenters. The Morgan fingerprint density at radius 1 is 1.15 bits per heavy atom. The van der Waals surface area contributed by atoms with Crippen LogP contribution in [-0.4, -0.2) is 25.7 Å². The number of aromatic nitrogens is 4. The average molecular weight is 498 g/mol. The molecule has 7 nitrogen and oxygen atoms in total. The number of hydrogen-bond acceptors (Lipinski definition) is 6. The molecule has 1 amide bonds. The Balaban J connectivity index is 1.41. The van der Waals surface area contributed by atoms with Crippen molar-refractivity contribution in [2.45, 2.75) is 20.3 Å². The number of furan rings is 1. The molecule has 5 rings (SSSR count). The Kier molecular flexibility index (Phi) is 5.65. The van der Waals surface area contributed by atoms with Crippen molar-refractivity contribution >= 4 is 51.1 Å². The zero-order valence-electron chi connectivity index (χ0n) is 17.6. The fourth-order valence-corrected chi connectivity index (χ4v) is 4.62. The zero-order valence-corrected chi connectivity index (χ0v) is 19.9. The molecule has 1 N–H and O–H groups in total. The quantitative estimate of drug-likeness (QED) is 0.297. The molecule has 0 radical (unpaired) electrons. The molecule has 0 saturated carbocycles. The molecule has 2 aromatic carbocycles. The van der Waals surface area contributed by atoms with E-state index in [1.807, 2.05) is 32.0 Å². The summed E-state index contributed by atoms with van der Waals surface area (Å²) in [6.45, 7) is 3.93. The summed E-state index contributed by atoms with van der Waals surface area (Å²) in [6.07, 6.45) is 0.741. The molecule has 0 bridgehead atoms. The van der Waals surface area contributed by atoms with Gasteiger partial charge in [-0.15, -0.1) is 10.2 Å². The molecule has 0 spiro atoms. The largest absolute Gasteiger partial charge is 0.451 e. The van der Waals surface area contributed by atoms with E-state index in [2.05, 4.69) is 20.6 Å². The van der Waals surface area contributed by atoms with Crippen molar-refractivity contribution < 1.29 is 9.21 Å². The summed E-state index contributed by atoms with van der Waals surface area (Å²) in [6, 6.07) is 14.3. The van der Waals surface area contributed by atoms with Crippen molar-refractivity contribution in [1.82, 2.24) is 19.8 Å². The van der Waals surface area contributed by atoms with E-state index in [0.717, 1.165) is 33.3 Å². The molecule has 0 saturated heterocycles. The minimum absolute atomic E-state index is 0.164. The smallest absolute Gasteiger partial charge is 0.291 e. The van der Waals surface area contributed by atoms with E-state index < -0.39 is 0 Å². The first-order valence-electron chi connectivity index (χ1n) is 10.1. The number of benzene rings is 2. The minimum atomic E-state index is -0.369. The molecule has 166 valence electrons. The van der Waals surface area contributed by atoms with E-state index >= 15 is 0 Å². The van der Waals surface area contributed by atoms with Crippen LogP contribution in [0.15, 0.2) is 52.9 Å². The van der Waals surface area contributed by atoms with Gasteiger partial charge in [0.2, 0.25) is 4.96 Å². The van der Waals surface area contributed by atoms with Gasteiger partial charge in [0, 0.05) is 23.2 Å². The molecule has 33 heavy (non-hydrogen) atoms. The van der Waals surface area contributed by atoms with E-state index in [9.17, 15) is 4.79 Å². The van der Waals surface area contributed by atoms with Crippen molar-refractivity contribution in [2.75, 3.05) is 5.32 Å². The number of rotatable bonds is 5. The maximum absolute atomic E-state index is 12.9. The first kappa shape index (κ1) is 21.6. The Hall–Kier alpha value is -3.20. The second-order valence-corrected chi connectivity index (χ2v) is 9.06. The summed E-state index contributed by atoms with van der Waals surface area (Å²) in [5, 5.41) is 17.4. The minimum Gasteiger partial charge on any atom is -0.451 e. The number of halogens is 2. The van der Waals surface area contributed by atoms with Crippen LogP contribution < -0.4 is 5.32 Å². The highest BCUT2D eigenvalue weighted by Crippen LogP contribution is 2.35. The summed E-state index contributed by atoms with van der Waals surface area (Å²) < 4.78 is 7.52. The second kappa shape index (κ2) is 8.62. The van der Waals surface area contributed by atoms with Crippen molar-refractivity contribution in [3.63, 3.8) is 0 Å². The molecule has 0 aliphatic rings. The summed E-state index contributed by atoms with van der Waals surface area (Å²) >= 11 is 13.8. The van der Waals surface area contributed by atoms with Gasteiger partial charge < -0.3 is 9.73 Å². The van der Waals surface area contributed by atoms with Gasteiger partial charge in [0.25, 0.3) is 5.91 Å². The SMILES string of the molecule is CCc1nnc2sc(-c3ccc(C)c(NC(=O)c4ccc(-c5cccc(Cl)c5Cl)o4)c3)nn12. The van der Waals surface area contributed by atoms with Gasteiger partial charge >= 0.3 is 0 Å². The maximum atomic E-state index is 12.9. The molecule has 10 heteroatoms. The van der Waals surface area contributed by atoms with Crippen LogP contribution in [-0.2, 0) is 6.42 Å². The topological polar surface area (TPSA) is 85.3 Å². The Labute approximate surface area is 203 Å². The number of carbonyl (C=O) groups excluding carboxylic acids is 1. The van der Waals surface area contributed by atoms with E-state index in [0.29, 0.717) is 27.1 Å². The third-order valence-corrected chi connectivity index (χ3v) is 6.92. The van der Waals surface area contributed by atoms with E-state index in [4.69, 9.17) is 27.6 Å². The molecule has 3 heterocycles. The molecular weight excluding hydrogens is 481 g/mol. The number of amides is 1. The van der Waals surface area contributed by atoms with Gasteiger partial charge in [-0.2, -0.15) is 9.61 Å². The number of nitrogens with zero attached hydrogens (tertiary/aromatic N) is 4. The monoisotopic (exact) mass is 497 g/mol. The van der Waals surface area contributed by atoms with Crippen molar-refractivity contribution in [3.8, 4) is 21.9 Å². The number of nitrogens with one attached hydrogen (secondary N) is 1. The number of carbonyl (C=O) groups is 1. The highest BCUT2D eigenvalue weighted by atomic mass is 35.5. The van der Waals surface area contributed by atoms with Gasteiger partial charge in [-0.25, -0.2) is 0 Å². The van der Waals surface area contributed by atoms with Crippen molar-refractivity contribution in [1.29, 1.82) is 0 Å². The number of fused-ring (bicyclic) bond motifs is 1. The number of anilines is 1. The standard InChI is InChI=1S/C23H17Cl2N5O2S/c1-3-19-27-28-23-30(19)29-22(33-23)13-8-7-12(2)16(11-13)26-21(31)18-10-9-17(32-18)14-5-4-6-15(24)20(14)25/h4-11H,3H2,1-2H3,(H,26,31). The lowest BCUT2D eigenvalue weighted by Gasteiger charge is -2.09. The molecule has 0 aliphatic heterocycles. The fraction of sp³-hybridized carbons (Fsp3) is 0.130. The van der Waals surface area contributed by atoms with Crippen LogP contribution in [0.25, 0.3) is 26.9 Å².